The summed E-state index contributed by atoms with van der Waals surface area (Å²) in [6.45, 7) is 2.08. The average molecular weight is 563 g/mol. The van der Waals surface area contributed by atoms with Gasteiger partial charge in [-0.1, -0.05) is 43.3 Å². The molecule has 0 saturated carbocycles. The molecule has 10 heteroatoms. The maximum Gasteiger partial charge on any atom is 0.251 e. The van der Waals surface area contributed by atoms with Crippen LogP contribution in [0.4, 0.5) is 11.4 Å². The van der Waals surface area contributed by atoms with Crippen LogP contribution in [0.5, 0.6) is 0 Å². The van der Waals surface area contributed by atoms with Gasteiger partial charge in [-0.3, -0.25) is 14.4 Å². The Kier molecular flexibility index (Phi) is 9.55. The van der Waals surface area contributed by atoms with Gasteiger partial charge in [0, 0.05) is 36.4 Å². The summed E-state index contributed by atoms with van der Waals surface area (Å²) in [6, 6.07) is 20.0. The maximum atomic E-state index is 12.7. The van der Waals surface area contributed by atoms with Gasteiger partial charge in [0.2, 0.25) is 11.8 Å². The van der Waals surface area contributed by atoms with Crippen LogP contribution in [0.25, 0.3) is 0 Å². The van der Waals surface area contributed by atoms with Gasteiger partial charge in [0.15, 0.2) is 9.84 Å². The highest BCUT2D eigenvalue weighted by atomic mass is 32.2. The number of sulfone groups is 1. The van der Waals surface area contributed by atoms with Crippen LogP contribution >= 0.6 is 0 Å². The van der Waals surface area contributed by atoms with E-state index in [-0.39, 0.29) is 41.5 Å². The van der Waals surface area contributed by atoms with E-state index in [9.17, 15) is 22.8 Å². The van der Waals surface area contributed by atoms with Crippen molar-refractivity contribution in [2.24, 2.45) is 0 Å². The second-order valence-corrected chi connectivity index (χ2v) is 11.9. The van der Waals surface area contributed by atoms with E-state index in [0.29, 0.717) is 41.9 Å². The number of benzene rings is 3. The van der Waals surface area contributed by atoms with Crippen molar-refractivity contribution in [3.63, 3.8) is 0 Å². The van der Waals surface area contributed by atoms with Crippen LogP contribution in [0.15, 0.2) is 71.6 Å². The van der Waals surface area contributed by atoms with Gasteiger partial charge in [-0.25, -0.2) is 8.42 Å². The minimum Gasteiger partial charge on any atom is -0.376 e. The molecule has 3 aromatic rings. The van der Waals surface area contributed by atoms with Crippen LogP contribution in [-0.2, 0) is 38.8 Å². The summed E-state index contributed by atoms with van der Waals surface area (Å²) in [5.41, 5.74) is 4.21. The molecule has 0 aliphatic carbocycles. The molecule has 3 amide bonds. The maximum absolute atomic E-state index is 12.7. The van der Waals surface area contributed by atoms with Crippen molar-refractivity contribution in [3.8, 4) is 0 Å². The summed E-state index contributed by atoms with van der Waals surface area (Å²) in [6.07, 6.45) is 2.55. The number of amides is 3. The monoisotopic (exact) mass is 562 g/mol. The van der Waals surface area contributed by atoms with Crippen molar-refractivity contribution in [2.45, 2.75) is 44.0 Å². The van der Waals surface area contributed by atoms with E-state index in [4.69, 9.17) is 0 Å². The molecule has 1 aliphatic heterocycles. The van der Waals surface area contributed by atoms with Gasteiger partial charge in [0.25, 0.3) is 5.91 Å². The molecule has 0 saturated heterocycles. The van der Waals surface area contributed by atoms with Crippen LogP contribution in [0.1, 0.15) is 46.8 Å². The number of anilines is 2. The van der Waals surface area contributed by atoms with E-state index in [1.807, 2.05) is 42.5 Å². The smallest absolute Gasteiger partial charge is 0.251 e. The van der Waals surface area contributed by atoms with Gasteiger partial charge in [-0.05, 0) is 66.3 Å². The Hall–Kier alpha value is -4.18. The molecule has 0 bridgehead atoms. The molecule has 0 unspecified atom stereocenters. The van der Waals surface area contributed by atoms with E-state index >= 15 is 0 Å². The molecule has 1 heterocycles. The van der Waals surface area contributed by atoms with Gasteiger partial charge in [-0.2, -0.15) is 0 Å². The summed E-state index contributed by atoms with van der Waals surface area (Å²) in [4.78, 5) is 37.3. The molecule has 3 aromatic carbocycles. The lowest BCUT2D eigenvalue weighted by molar-refractivity contribution is -0.119. The molecule has 210 valence electrons. The second kappa shape index (κ2) is 13.3. The number of hydrogen-bond donors (Lipinski definition) is 4. The third kappa shape index (κ3) is 7.69. The highest BCUT2D eigenvalue weighted by molar-refractivity contribution is 7.91. The molecule has 0 aromatic heterocycles. The minimum absolute atomic E-state index is 0.0284. The van der Waals surface area contributed by atoms with E-state index in [0.717, 1.165) is 24.0 Å². The topological polar surface area (TPSA) is 133 Å². The van der Waals surface area contributed by atoms with Crippen LogP contribution in [0.2, 0.25) is 0 Å². The molecule has 0 spiro atoms. The summed E-state index contributed by atoms with van der Waals surface area (Å²) in [5, 5.41) is 11.4. The first-order chi connectivity index (χ1) is 19.2. The number of fused-ring (bicyclic) bond motifs is 1. The normalized spacial score (nSPS) is 12.7. The van der Waals surface area contributed by atoms with Crippen LogP contribution in [-0.4, -0.2) is 45.0 Å². The van der Waals surface area contributed by atoms with Crippen LogP contribution in [0, 0.1) is 0 Å². The Morgan fingerprint density at radius 2 is 1.73 bits per heavy atom. The van der Waals surface area contributed by atoms with Crippen LogP contribution < -0.4 is 21.3 Å². The lowest BCUT2D eigenvalue weighted by Crippen LogP contribution is -2.32. The standard InChI is InChI=1S/C30H34N4O5S/c1-2-40(38,39)27-14-13-25(34-28(35)10-6-9-21-7-4-3-5-8-21)17-23(27)19-33-29(36)20-32-24-12-11-22-15-16-31-30(37)26(22)18-24/h3-5,7-8,11-14,17-18,32H,2,6,9-10,15-16,19-20H2,1H3,(H,31,37)(H,33,36)(H,34,35). The Balaban J connectivity index is 1.35. The lowest BCUT2D eigenvalue weighted by Gasteiger charge is -2.17. The fourth-order valence-corrected chi connectivity index (χ4v) is 5.65. The summed E-state index contributed by atoms with van der Waals surface area (Å²) in [5.74, 6) is -0.744. The van der Waals surface area contributed by atoms with Crippen LogP contribution in [0.3, 0.4) is 0 Å². The predicted molar refractivity (Wildman–Crippen MR) is 155 cm³/mol. The third-order valence-corrected chi connectivity index (χ3v) is 8.56. The van der Waals surface area contributed by atoms with Crippen molar-refractivity contribution >= 4 is 38.9 Å². The number of nitrogens with one attached hydrogen (secondary N) is 4. The lowest BCUT2D eigenvalue weighted by atomic mass is 10.00. The zero-order valence-corrected chi connectivity index (χ0v) is 23.3. The predicted octanol–water partition coefficient (Wildman–Crippen LogP) is 3.46. The molecule has 0 fully saturated rings. The largest absolute Gasteiger partial charge is 0.376 e. The van der Waals surface area contributed by atoms with Crippen molar-refractivity contribution < 1.29 is 22.8 Å². The zero-order chi connectivity index (χ0) is 28.5. The second-order valence-electron chi connectivity index (χ2n) is 9.62. The van der Waals surface area contributed by atoms with E-state index < -0.39 is 9.84 Å². The SMILES string of the molecule is CCS(=O)(=O)c1ccc(NC(=O)CCCc2ccccc2)cc1CNC(=O)CNc1ccc2c(c1)C(=O)NCC2. The van der Waals surface area contributed by atoms with Crippen molar-refractivity contribution in [1.29, 1.82) is 0 Å². The summed E-state index contributed by atoms with van der Waals surface area (Å²) >= 11 is 0. The first kappa shape index (κ1) is 28.8. The number of carbonyl (C=O) groups is 3. The molecular formula is C30H34N4O5S. The van der Waals surface area contributed by atoms with Gasteiger partial charge in [0.1, 0.15) is 0 Å². The van der Waals surface area contributed by atoms with Gasteiger partial charge < -0.3 is 21.3 Å². The fourth-order valence-electron chi connectivity index (χ4n) is 4.54. The quantitative estimate of drug-likeness (QED) is 0.267. The number of carbonyl (C=O) groups excluding carboxylic acids is 3. The molecule has 9 nitrogen and oxygen atoms in total. The van der Waals surface area contributed by atoms with E-state index in [1.165, 1.54) is 6.07 Å². The molecule has 4 rings (SSSR count). The van der Waals surface area contributed by atoms with Gasteiger partial charge in [-0.15, -0.1) is 0 Å². The first-order valence-electron chi connectivity index (χ1n) is 13.4. The highest BCUT2D eigenvalue weighted by Crippen LogP contribution is 2.23. The van der Waals surface area contributed by atoms with E-state index in [1.54, 1.807) is 25.1 Å². The average Bonchev–Trinajstić information content (AvgIpc) is 2.96. The molecular weight excluding hydrogens is 528 g/mol. The number of rotatable bonds is 12. The Labute approximate surface area is 234 Å². The Morgan fingerprint density at radius 1 is 0.950 bits per heavy atom. The molecule has 40 heavy (non-hydrogen) atoms. The first-order valence-corrected chi connectivity index (χ1v) is 15.0. The van der Waals surface area contributed by atoms with Gasteiger partial charge >= 0.3 is 0 Å². The zero-order valence-electron chi connectivity index (χ0n) is 22.5. The van der Waals surface area contributed by atoms with Crippen molar-refractivity contribution in [3.05, 3.63) is 89.0 Å². The summed E-state index contributed by atoms with van der Waals surface area (Å²) in [7, 11) is -3.55. The fraction of sp³-hybridized carbons (Fsp3) is 0.300. The minimum atomic E-state index is -3.55. The van der Waals surface area contributed by atoms with Crippen molar-refractivity contribution in [1.82, 2.24) is 10.6 Å². The molecule has 1 aliphatic rings. The van der Waals surface area contributed by atoms with Gasteiger partial charge in [0.05, 0.1) is 17.2 Å². The highest BCUT2D eigenvalue weighted by Gasteiger charge is 2.19. The summed E-state index contributed by atoms with van der Waals surface area (Å²) < 4.78 is 25.4. The Morgan fingerprint density at radius 3 is 2.50 bits per heavy atom. The number of hydrogen-bond acceptors (Lipinski definition) is 6. The molecule has 0 radical (unpaired) electrons. The molecule has 4 N–H and O–H groups in total. The third-order valence-electron chi connectivity index (χ3n) is 6.73. The van der Waals surface area contributed by atoms with E-state index in [2.05, 4.69) is 21.3 Å². The molecule has 0 atom stereocenters. The Bertz CT molecular complexity index is 1490. The van der Waals surface area contributed by atoms with Crippen molar-refractivity contribution in [2.75, 3.05) is 29.5 Å². The number of aryl methyl sites for hydroxylation is 1.